The number of amides is 1. The molecule has 1 fully saturated rings. The van der Waals surface area contributed by atoms with E-state index in [2.05, 4.69) is 18.7 Å². The first-order chi connectivity index (χ1) is 13.4. The summed E-state index contributed by atoms with van der Waals surface area (Å²) in [6, 6.07) is 7.47. The molecule has 1 aromatic rings. The second-order valence-electron chi connectivity index (χ2n) is 7.85. The van der Waals surface area contributed by atoms with Gasteiger partial charge in [0, 0.05) is 26.2 Å². The maximum atomic E-state index is 12.7. The first kappa shape index (κ1) is 20.6. The lowest BCUT2D eigenvalue weighted by atomic mass is 9.94. The number of benzene rings is 1. The molecule has 0 aliphatic carbocycles. The fraction of sp³-hybridized carbons (Fsp3) is 0.545. The number of ketones is 1. The number of hydrogen-bond donors (Lipinski definition) is 1. The molecule has 2 heterocycles. The molecule has 28 heavy (non-hydrogen) atoms. The van der Waals surface area contributed by atoms with Crippen molar-refractivity contribution in [2.75, 3.05) is 39.4 Å². The largest absolute Gasteiger partial charge is 0.503 e. The Morgan fingerprint density at radius 1 is 1.18 bits per heavy atom. The lowest BCUT2D eigenvalue weighted by Gasteiger charge is -2.30. The minimum absolute atomic E-state index is 0.202. The Hall–Kier alpha value is -2.18. The lowest BCUT2D eigenvalue weighted by molar-refractivity contribution is -0.129. The Labute approximate surface area is 166 Å². The third-order valence-electron chi connectivity index (χ3n) is 5.58. The van der Waals surface area contributed by atoms with Crippen molar-refractivity contribution >= 4 is 11.7 Å². The number of carbonyl (C=O) groups excluding carboxylic acids is 2. The molecule has 0 bridgehead atoms. The van der Waals surface area contributed by atoms with Crippen LogP contribution in [-0.4, -0.2) is 66.0 Å². The Morgan fingerprint density at radius 3 is 2.39 bits per heavy atom. The Bertz CT molecular complexity index is 748. The Kier molecular flexibility index (Phi) is 6.52. The van der Waals surface area contributed by atoms with E-state index in [-0.39, 0.29) is 11.4 Å². The minimum Gasteiger partial charge on any atom is -0.503 e. The Balaban J connectivity index is 1.78. The number of morpholine rings is 1. The molecule has 0 aromatic heterocycles. The Morgan fingerprint density at radius 2 is 1.82 bits per heavy atom. The van der Waals surface area contributed by atoms with Gasteiger partial charge in [0.15, 0.2) is 11.5 Å². The van der Waals surface area contributed by atoms with E-state index in [0.717, 1.165) is 44.8 Å². The summed E-state index contributed by atoms with van der Waals surface area (Å²) in [7, 11) is 0. The number of nitrogens with zero attached hydrogens (tertiary/aromatic N) is 2. The maximum absolute atomic E-state index is 12.7. The van der Waals surface area contributed by atoms with E-state index in [9.17, 15) is 14.7 Å². The standard InChI is InChI=1S/C22H30N2O4/c1-15(2)17-5-7-18(8-6-17)20-19(16(3)25)21(26)22(27)24(20)10-4-9-23-11-13-28-14-12-23/h5-8,15,20,26H,4,9-14H2,1-3H3. The van der Waals surface area contributed by atoms with Gasteiger partial charge in [0.2, 0.25) is 0 Å². The van der Waals surface area contributed by atoms with Crippen LogP contribution in [0.1, 0.15) is 50.3 Å². The zero-order chi connectivity index (χ0) is 20.3. The molecule has 0 radical (unpaired) electrons. The highest BCUT2D eigenvalue weighted by molar-refractivity contribution is 6.08. The molecule has 3 rings (SSSR count). The molecule has 0 saturated carbocycles. The van der Waals surface area contributed by atoms with Crippen LogP contribution in [0.2, 0.25) is 0 Å². The zero-order valence-corrected chi connectivity index (χ0v) is 17.0. The number of ether oxygens (including phenoxy) is 1. The second kappa shape index (κ2) is 8.88. The summed E-state index contributed by atoms with van der Waals surface area (Å²) in [5.41, 5.74) is 2.26. The number of carbonyl (C=O) groups is 2. The molecule has 1 saturated heterocycles. The van der Waals surface area contributed by atoms with Crippen molar-refractivity contribution in [2.45, 2.75) is 39.2 Å². The van der Waals surface area contributed by atoms with E-state index >= 15 is 0 Å². The predicted molar refractivity (Wildman–Crippen MR) is 107 cm³/mol. The van der Waals surface area contributed by atoms with Gasteiger partial charge in [-0.2, -0.15) is 0 Å². The average Bonchev–Trinajstić information content (AvgIpc) is 2.94. The molecule has 1 N–H and O–H groups in total. The van der Waals surface area contributed by atoms with E-state index in [0.29, 0.717) is 12.5 Å². The van der Waals surface area contributed by atoms with Crippen LogP contribution in [0, 0.1) is 0 Å². The zero-order valence-electron chi connectivity index (χ0n) is 17.0. The van der Waals surface area contributed by atoms with Crippen LogP contribution < -0.4 is 0 Å². The van der Waals surface area contributed by atoms with Crippen LogP contribution >= 0.6 is 0 Å². The van der Waals surface area contributed by atoms with Gasteiger partial charge >= 0.3 is 0 Å². The highest BCUT2D eigenvalue weighted by Gasteiger charge is 2.42. The van der Waals surface area contributed by atoms with Gasteiger partial charge in [-0.1, -0.05) is 38.1 Å². The summed E-state index contributed by atoms with van der Waals surface area (Å²) < 4.78 is 5.37. The topological polar surface area (TPSA) is 70.1 Å². The van der Waals surface area contributed by atoms with Gasteiger partial charge < -0.3 is 14.7 Å². The SMILES string of the molecule is CC(=O)C1=C(O)C(=O)N(CCCN2CCOCC2)C1c1ccc(C(C)C)cc1. The number of Topliss-reactive ketones (excluding diaryl/α,β-unsaturated/α-hetero) is 1. The normalized spacial score (nSPS) is 21.1. The number of rotatable bonds is 7. The van der Waals surface area contributed by atoms with Gasteiger partial charge in [-0.3, -0.25) is 14.5 Å². The minimum atomic E-state index is -0.518. The van der Waals surface area contributed by atoms with Crippen molar-refractivity contribution in [1.82, 2.24) is 9.80 Å². The fourth-order valence-corrected chi connectivity index (χ4v) is 3.94. The smallest absolute Gasteiger partial charge is 0.290 e. The number of aliphatic hydroxyl groups excluding tert-OH is 1. The van der Waals surface area contributed by atoms with Crippen molar-refractivity contribution in [3.8, 4) is 0 Å². The summed E-state index contributed by atoms with van der Waals surface area (Å²) >= 11 is 0. The molecule has 1 atom stereocenters. The number of hydrogen-bond acceptors (Lipinski definition) is 5. The summed E-state index contributed by atoms with van der Waals surface area (Å²) in [5, 5.41) is 10.4. The van der Waals surface area contributed by atoms with Gasteiger partial charge in [-0.05, 0) is 30.4 Å². The van der Waals surface area contributed by atoms with Crippen LogP contribution in [0.3, 0.4) is 0 Å². The molecular formula is C22H30N2O4. The van der Waals surface area contributed by atoms with Gasteiger partial charge in [0.05, 0.1) is 24.8 Å². The summed E-state index contributed by atoms with van der Waals surface area (Å²) in [5.74, 6) is -0.721. The van der Waals surface area contributed by atoms with Crippen molar-refractivity contribution < 1.29 is 19.4 Å². The van der Waals surface area contributed by atoms with E-state index in [1.807, 2.05) is 24.3 Å². The van der Waals surface area contributed by atoms with Gasteiger partial charge in [-0.25, -0.2) is 0 Å². The van der Waals surface area contributed by atoms with Crippen molar-refractivity contribution in [3.63, 3.8) is 0 Å². The molecule has 1 unspecified atom stereocenters. The maximum Gasteiger partial charge on any atom is 0.290 e. The van der Waals surface area contributed by atoms with E-state index in [4.69, 9.17) is 4.74 Å². The van der Waals surface area contributed by atoms with E-state index < -0.39 is 17.7 Å². The summed E-state index contributed by atoms with van der Waals surface area (Å²) in [6.07, 6.45) is 0.783. The highest BCUT2D eigenvalue weighted by atomic mass is 16.5. The van der Waals surface area contributed by atoms with Crippen LogP contribution in [0.25, 0.3) is 0 Å². The fourth-order valence-electron chi connectivity index (χ4n) is 3.94. The van der Waals surface area contributed by atoms with Gasteiger partial charge in [-0.15, -0.1) is 0 Å². The molecule has 6 nitrogen and oxygen atoms in total. The predicted octanol–water partition coefficient (Wildman–Crippen LogP) is 2.82. The number of aliphatic hydroxyl groups is 1. The molecule has 0 spiro atoms. The summed E-state index contributed by atoms with van der Waals surface area (Å²) in [4.78, 5) is 28.9. The molecule has 2 aliphatic heterocycles. The van der Waals surface area contributed by atoms with Crippen molar-refractivity contribution in [2.24, 2.45) is 0 Å². The summed E-state index contributed by atoms with van der Waals surface area (Å²) in [6.45, 7) is 10.3. The molecule has 1 amide bonds. The van der Waals surface area contributed by atoms with Crippen LogP contribution in [0.4, 0.5) is 0 Å². The van der Waals surface area contributed by atoms with Crippen LogP contribution in [-0.2, 0) is 14.3 Å². The van der Waals surface area contributed by atoms with Crippen LogP contribution in [0.5, 0.6) is 0 Å². The van der Waals surface area contributed by atoms with Crippen LogP contribution in [0.15, 0.2) is 35.6 Å². The highest BCUT2D eigenvalue weighted by Crippen LogP contribution is 2.38. The van der Waals surface area contributed by atoms with Crippen molar-refractivity contribution in [1.29, 1.82) is 0 Å². The third-order valence-corrected chi connectivity index (χ3v) is 5.58. The van der Waals surface area contributed by atoms with E-state index in [1.165, 1.54) is 12.5 Å². The monoisotopic (exact) mass is 386 g/mol. The van der Waals surface area contributed by atoms with E-state index in [1.54, 1.807) is 4.90 Å². The van der Waals surface area contributed by atoms with Gasteiger partial charge in [0.1, 0.15) is 0 Å². The first-order valence-electron chi connectivity index (χ1n) is 10.0. The molecular weight excluding hydrogens is 356 g/mol. The van der Waals surface area contributed by atoms with Crippen molar-refractivity contribution in [3.05, 3.63) is 46.7 Å². The molecule has 6 heteroatoms. The molecule has 2 aliphatic rings. The molecule has 1 aromatic carbocycles. The first-order valence-corrected chi connectivity index (χ1v) is 10.0. The average molecular weight is 386 g/mol. The second-order valence-corrected chi connectivity index (χ2v) is 7.85. The molecule has 152 valence electrons. The lowest BCUT2D eigenvalue weighted by Crippen LogP contribution is -2.39. The third kappa shape index (κ3) is 4.28. The quantitative estimate of drug-likeness (QED) is 0.780. The van der Waals surface area contributed by atoms with Gasteiger partial charge in [0.25, 0.3) is 5.91 Å².